The van der Waals surface area contributed by atoms with Crippen LogP contribution in [0, 0.1) is 0 Å². The molecule has 0 saturated heterocycles. The van der Waals surface area contributed by atoms with Gasteiger partial charge in [0.1, 0.15) is 0 Å². The first-order chi connectivity index (χ1) is 10.3. The van der Waals surface area contributed by atoms with Gasteiger partial charge in [-0.2, -0.15) is 0 Å². The van der Waals surface area contributed by atoms with E-state index in [4.69, 9.17) is 14.2 Å². The summed E-state index contributed by atoms with van der Waals surface area (Å²) in [4.78, 5) is 11.2. The van der Waals surface area contributed by atoms with E-state index in [1.807, 2.05) is 6.92 Å². The van der Waals surface area contributed by atoms with Crippen molar-refractivity contribution in [1.29, 1.82) is 0 Å². The van der Waals surface area contributed by atoms with Crippen LogP contribution in [0.15, 0.2) is 0 Å². The third-order valence-electron chi connectivity index (χ3n) is 3.15. The van der Waals surface area contributed by atoms with Crippen LogP contribution in [-0.4, -0.2) is 39.0 Å². The highest BCUT2D eigenvalue weighted by molar-refractivity contribution is 5.69. The highest BCUT2D eigenvalue weighted by atomic mass is 16.5. The number of hydrogen-bond donors (Lipinski definition) is 0. The monoisotopic (exact) mass is 302 g/mol. The first-order valence-electron chi connectivity index (χ1n) is 8.62. The van der Waals surface area contributed by atoms with E-state index in [2.05, 4.69) is 6.92 Å². The van der Waals surface area contributed by atoms with Crippen molar-refractivity contribution in [2.45, 2.75) is 71.6 Å². The molecule has 0 atom stereocenters. The van der Waals surface area contributed by atoms with Crippen LogP contribution in [0.1, 0.15) is 71.6 Å². The summed E-state index contributed by atoms with van der Waals surface area (Å²) in [7, 11) is 0. The molecule has 126 valence electrons. The summed E-state index contributed by atoms with van der Waals surface area (Å²) in [6, 6.07) is 0. The average Bonchev–Trinajstić information content (AvgIpc) is 2.49. The molecular formula is C17H34O4. The predicted molar refractivity (Wildman–Crippen MR) is 85.5 cm³/mol. The molecule has 0 aliphatic rings. The fraction of sp³-hybridized carbons (Fsp3) is 0.941. The van der Waals surface area contributed by atoms with E-state index in [0.29, 0.717) is 32.8 Å². The Kier molecular flexibility index (Phi) is 16.9. The van der Waals surface area contributed by atoms with E-state index in [9.17, 15) is 4.79 Å². The molecule has 0 saturated carbocycles. The van der Waals surface area contributed by atoms with Crippen LogP contribution < -0.4 is 0 Å². The Labute approximate surface area is 130 Å². The molecule has 0 fully saturated rings. The number of ether oxygens (including phenoxy) is 3. The van der Waals surface area contributed by atoms with Crippen molar-refractivity contribution in [3.63, 3.8) is 0 Å². The van der Waals surface area contributed by atoms with Crippen LogP contribution in [0.5, 0.6) is 0 Å². The second-order valence-electron chi connectivity index (χ2n) is 5.32. The van der Waals surface area contributed by atoms with Gasteiger partial charge in [0.05, 0.1) is 19.8 Å². The quantitative estimate of drug-likeness (QED) is 0.318. The van der Waals surface area contributed by atoms with Crippen molar-refractivity contribution in [2.75, 3.05) is 33.0 Å². The van der Waals surface area contributed by atoms with Crippen LogP contribution in [0.2, 0.25) is 0 Å². The number of unbranched alkanes of at least 4 members (excludes halogenated alkanes) is 5. The number of carbonyl (C=O) groups is 1. The molecule has 0 aromatic rings. The minimum atomic E-state index is -0.125. The second kappa shape index (κ2) is 17.4. The third-order valence-corrected chi connectivity index (χ3v) is 3.15. The summed E-state index contributed by atoms with van der Waals surface area (Å²) >= 11 is 0. The fourth-order valence-electron chi connectivity index (χ4n) is 1.91. The van der Waals surface area contributed by atoms with Gasteiger partial charge in [-0.3, -0.25) is 4.79 Å². The maximum atomic E-state index is 11.2. The molecule has 4 nitrogen and oxygen atoms in total. The first-order valence-corrected chi connectivity index (χ1v) is 8.62. The van der Waals surface area contributed by atoms with Gasteiger partial charge in [-0.05, 0) is 19.3 Å². The molecule has 4 heteroatoms. The van der Waals surface area contributed by atoms with E-state index in [1.54, 1.807) is 0 Å². The number of hydrogen-bond acceptors (Lipinski definition) is 4. The van der Waals surface area contributed by atoms with Crippen molar-refractivity contribution in [3.8, 4) is 0 Å². The second-order valence-corrected chi connectivity index (χ2v) is 5.32. The zero-order valence-corrected chi connectivity index (χ0v) is 14.0. The van der Waals surface area contributed by atoms with Gasteiger partial charge >= 0.3 is 5.97 Å². The largest absolute Gasteiger partial charge is 0.466 e. The highest BCUT2D eigenvalue weighted by Crippen LogP contribution is 2.04. The summed E-state index contributed by atoms with van der Waals surface area (Å²) < 4.78 is 15.9. The minimum absolute atomic E-state index is 0.125. The SMILES string of the molecule is CCCCCCCCOCCOCCCC(=O)OCCC. The van der Waals surface area contributed by atoms with E-state index >= 15 is 0 Å². The molecule has 0 amide bonds. The lowest BCUT2D eigenvalue weighted by Crippen LogP contribution is -2.09. The van der Waals surface area contributed by atoms with Gasteiger partial charge in [-0.15, -0.1) is 0 Å². The molecule has 0 spiro atoms. The smallest absolute Gasteiger partial charge is 0.305 e. The lowest BCUT2D eigenvalue weighted by atomic mass is 10.1. The number of esters is 1. The van der Waals surface area contributed by atoms with Crippen molar-refractivity contribution < 1.29 is 19.0 Å². The molecule has 0 aromatic heterocycles. The van der Waals surface area contributed by atoms with E-state index in [-0.39, 0.29) is 5.97 Å². The normalized spacial score (nSPS) is 10.8. The van der Waals surface area contributed by atoms with Crippen LogP contribution in [0.25, 0.3) is 0 Å². The lowest BCUT2D eigenvalue weighted by Gasteiger charge is -2.06. The van der Waals surface area contributed by atoms with Crippen LogP contribution in [-0.2, 0) is 19.0 Å². The average molecular weight is 302 g/mol. The van der Waals surface area contributed by atoms with Crippen LogP contribution in [0.3, 0.4) is 0 Å². The lowest BCUT2D eigenvalue weighted by molar-refractivity contribution is -0.144. The fourth-order valence-corrected chi connectivity index (χ4v) is 1.91. The van der Waals surface area contributed by atoms with Crippen molar-refractivity contribution in [3.05, 3.63) is 0 Å². The van der Waals surface area contributed by atoms with Crippen LogP contribution in [0.4, 0.5) is 0 Å². The number of rotatable bonds is 16. The molecule has 21 heavy (non-hydrogen) atoms. The topological polar surface area (TPSA) is 44.8 Å². The van der Waals surface area contributed by atoms with Crippen molar-refractivity contribution in [1.82, 2.24) is 0 Å². The zero-order chi connectivity index (χ0) is 15.6. The Balaban J connectivity index is 3.04. The molecule has 0 aliphatic carbocycles. The van der Waals surface area contributed by atoms with Gasteiger partial charge in [-0.25, -0.2) is 0 Å². The first kappa shape index (κ1) is 20.4. The summed E-state index contributed by atoms with van der Waals surface area (Å²) in [6.07, 6.45) is 9.76. The minimum Gasteiger partial charge on any atom is -0.466 e. The molecule has 0 N–H and O–H groups in total. The Bertz CT molecular complexity index is 219. The van der Waals surface area contributed by atoms with Crippen molar-refractivity contribution in [2.24, 2.45) is 0 Å². The highest BCUT2D eigenvalue weighted by Gasteiger charge is 2.01. The predicted octanol–water partition coefficient (Wildman–Crippen LogP) is 4.11. The molecule has 0 aromatic carbocycles. The Morgan fingerprint density at radius 3 is 1.95 bits per heavy atom. The Morgan fingerprint density at radius 1 is 0.667 bits per heavy atom. The summed E-state index contributed by atoms with van der Waals surface area (Å²) in [5.41, 5.74) is 0. The zero-order valence-electron chi connectivity index (χ0n) is 14.0. The number of carbonyl (C=O) groups excluding carboxylic acids is 1. The molecule has 0 rings (SSSR count). The van der Waals surface area contributed by atoms with Gasteiger partial charge in [0.2, 0.25) is 0 Å². The molecule has 0 radical (unpaired) electrons. The van der Waals surface area contributed by atoms with Crippen LogP contribution >= 0.6 is 0 Å². The maximum absolute atomic E-state index is 11.2. The van der Waals surface area contributed by atoms with Gasteiger partial charge in [-0.1, -0.05) is 46.0 Å². The van der Waals surface area contributed by atoms with Gasteiger partial charge in [0, 0.05) is 19.6 Å². The van der Waals surface area contributed by atoms with Gasteiger partial charge < -0.3 is 14.2 Å². The summed E-state index contributed by atoms with van der Waals surface area (Å²) in [5.74, 6) is -0.125. The van der Waals surface area contributed by atoms with Gasteiger partial charge in [0.15, 0.2) is 0 Å². The Hall–Kier alpha value is -0.610. The van der Waals surface area contributed by atoms with E-state index < -0.39 is 0 Å². The molecule has 0 heterocycles. The summed E-state index contributed by atoms with van der Waals surface area (Å²) in [6.45, 7) is 7.43. The molecule has 0 aliphatic heterocycles. The third kappa shape index (κ3) is 17.3. The van der Waals surface area contributed by atoms with Crippen molar-refractivity contribution >= 4 is 5.97 Å². The standard InChI is InChI=1S/C17H34O4/c1-3-5-6-7-8-9-13-19-15-16-20-14-10-11-17(18)21-12-4-2/h3-16H2,1-2H3. The molecular weight excluding hydrogens is 268 g/mol. The van der Waals surface area contributed by atoms with E-state index in [0.717, 1.165) is 25.9 Å². The molecule has 0 unspecified atom stereocenters. The van der Waals surface area contributed by atoms with E-state index in [1.165, 1.54) is 32.1 Å². The Morgan fingerprint density at radius 2 is 1.29 bits per heavy atom. The molecule has 0 bridgehead atoms. The summed E-state index contributed by atoms with van der Waals surface area (Å²) in [5, 5.41) is 0. The maximum Gasteiger partial charge on any atom is 0.305 e. The van der Waals surface area contributed by atoms with Gasteiger partial charge in [0.25, 0.3) is 0 Å².